The van der Waals surface area contributed by atoms with Gasteiger partial charge in [0.2, 0.25) is 5.95 Å². The maximum absolute atomic E-state index is 5.21. The van der Waals surface area contributed by atoms with E-state index < -0.39 is 0 Å². The standard InChI is InChI=1S/C36H24N4/c1-38-31-22-12-9-19-28(31)37-36(38)40-30-21-11-7-17-26(30)32-24-15-5-6-16-25(24)34-33(35(32)40)27-18-8-10-20-29(27)39(34)23-13-3-2-4-14-23/h2-22H,1H3. The van der Waals surface area contributed by atoms with Crippen LogP contribution in [-0.2, 0) is 7.05 Å². The molecule has 4 nitrogen and oxygen atoms in total. The minimum Gasteiger partial charge on any atom is -0.313 e. The van der Waals surface area contributed by atoms with E-state index in [2.05, 4.69) is 148 Å². The Labute approximate surface area is 229 Å². The normalized spacial score (nSPS) is 12.1. The number of fused-ring (bicyclic) bond motifs is 11. The average Bonchev–Trinajstić information content (AvgIpc) is 3.65. The van der Waals surface area contributed by atoms with E-state index >= 15 is 0 Å². The van der Waals surface area contributed by atoms with Gasteiger partial charge in [0.15, 0.2) is 0 Å². The van der Waals surface area contributed by atoms with Crippen molar-refractivity contribution in [2.24, 2.45) is 7.05 Å². The Kier molecular flexibility index (Phi) is 4.23. The predicted molar refractivity (Wildman–Crippen MR) is 167 cm³/mol. The fourth-order valence-electron chi connectivity index (χ4n) is 6.78. The Morgan fingerprint density at radius 3 is 1.73 bits per heavy atom. The number of hydrogen-bond donors (Lipinski definition) is 0. The molecule has 0 saturated heterocycles. The van der Waals surface area contributed by atoms with Crippen molar-refractivity contribution >= 4 is 65.4 Å². The molecule has 0 radical (unpaired) electrons. The Morgan fingerprint density at radius 1 is 0.450 bits per heavy atom. The van der Waals surface area contributed by atoms with Crippen LogP contribution < -0.4 is 0 Å². The van der Waals surface area contributed by atoms with Crippen LogP contribution in [0.15, 0.2) is 127 Å². The molecule has 0 amide bonds. The minimum atomic E-state index is 0.917. The largest absolute Gasteiger partial charge is 0.313 e. The lowest BCUT2D eigenvalue weighted by Crippen LogP contribution is -2.03. The molecule has 9 rings (SSSR count). The van der Waals surface area contributed by atoms with E-state index in [9.17, 15) is 0 Å². The third kappa shape index (κ3) is 2.67. The predicted octanol–water partition coefficient (Wildman–Crippen LogP) is 8.92. The van der Waals surface area contributed by atoms with E-state index in [-0.39, 0.29) is 0 Å². The zero-order chi connectivity index (χ0) is 26.4. The summed E-state index contributed by atoms with van der Waals surface area (Å²) in [5.41, 5.74) is 8.04. The summed E-state index contributed by atoms with van der Waals surface area (Å²) in [5, 5.41) is 7.48. The van der Waals surface area contributed by atoms with Gasteiger partial charge >= 0.3 is 0 Å². The van der Waals surface area contributed by atoms with Crippen LogP contribution >= 0.6 is 0 Å². The summed E-state index contributed by atoms with van der Waals surface area (Å²) in [6, 6.07) is 45.5. The van der Waals surface area contributed by atoms with Gasteiger partial charge in [-0.3, -0.25) is 4.57 Å². The van der Waals surface area contributed by atoms with Gasteiger partial charge in [0.05, 0.1) is 33.1 Å². The van der Waals surface area contributed by atoms with Gasteiger partial charge in [0, 0.05) is 39.7 Å². The number of hydrogen-bond acceptors (Lipinski definition) is 1. The summed E-state index contributed by atoms with van der Waals surface area (Å²) in [7, 11) is 2.12. The molecule has 0 bridgehead atoms. The lowest BCUT2D eigenvalue weighted by molar-refractivity contribution is 0.871. The first-order valence-corrected chi connectivity index (χ1v) is 13.7. The molecule has 0 fully saturated rings. The molecule has 3 aromatic heterocycles. The van der Waals surface area contributed by atoms with Crippen LogP contribution in [0.2, 0.25) is 0 Å². The van der Waals surface area contributed by atoms with Gasteiger partial charge in [-0.25, -0.2) is 4.98 Å². The van der Waals surface area contributed by atoms with Crippen molar-refractivity contribution in [3.63, 3.8) is 0 Å². The van der Waals surface area contributed by atoms with Crippen LogP contribution in [0.25, 0.3) is 77.1 Å². The van der Waals surface area contributed by atoms with Crippen molar-refractivity contribution in [2.75, 3.05) is 0 Å². The molecule has 0 saturated carbocycles. The van der Waals surface area contributed by atoms with Gasteiger partial charge in [-0.05, 0) is 41.8 Å². The molecule has 6 aromatic carbocycles. The molecular formula is C36H24N4. The quantitative estimate of drug-likeness (QED) is 0.227. The van der Waals surface area contributed by atoms with Gasteiger partial charge < -0.3 is 9.13 Å². The Hall–Kier alpha value is -5.35. The van der Waals surface area contributed by atoms with Gasteiger partial charge in [-0.1, -0.05) is 91.0 Å². The molecule has 0 atom stereocenters. The molecular weight excluding hydrogens is 488 g/mol. The molecule has 3 heterocycles. The van der Waals surface area contributed by atoms with Crippen LogP contribution in [0.5, 0.6) is 0 Å². The lowest BCUT2D eigenvalue weighted by Gasteiger charge is -2.12. The fraction of sp³-hybridized carbons (Fsp3) is 0.0278. The first-order chi connectivity index (χ1) is 19.8. The Balaban J connectivity index is 1.64. The molecule has 0 aliphatic heterocycles. The third-order valence-electron chi connectivity index (χ3n) is 8.42. The molecule has 0 aliphatic carbocycles. The molecule has 4 heteroatoms. The van der Waals surface area contributed by atoms with Crippen molar-refractivity contribution in [2.45, 2.75) is 0 Å². The molecule has 0 spiro atoms. The Bertz CT molecular complexity index is 2440. The van der Waals surface area contributed by atoms with E-state index in [0.717, 1.165) is 28.2 Å². The molecule has 0 unspecified atom stereocenters. The summed E-state index contributed by atoms with van der Waals surface area (Å²) >= 11 is 0. The number of rotatable bonds is 2. The monoisotopic (exact) mass is 512 g/mol. The van der Waals surface area contributed by atoms with Gasteiger partial charge in [0.25, 0.3) is 0 Å². The lowest BCUT2D eigenvalue weighted by atomic mass is 9.99. The number of benzene rings is 6. The fourth-order valence-corrected chi connectivity index (χ4v) is 6.78. The Morgan fingerprint density at radius 2 is 1.00 bits per heavy atom. The topological polar surface area (TPSA) is 27.7 Å². The van der Waals surface area contributed by atoms with Crippen LogP contribution in [0.4, 0.5) is 0 Å². The highest BCUT2D eigenvalue weighted by Gasteiger charge is 2.25. The molecule has 9 aromatic rings. The number of aromatic nitrogens is 4. The average molecular weight is 513 g/mol. The highest BCUT2D eigenvalue weighted by atomic mass is 15.2. The second-order valence-corrected chi connectivity index (χ2v) is 10.5. The summed E-state index contributed by atoms with van der Waals surface area (Å²) in [6.07, 6.45) is 0. The van der Waals surface area contributed by atoms with Crippen molar-refractivity contribution in [3.8, 4) is 11.6 Å². The van der Waals surface area contributed by atoms with Crippen LogP contribution in [0, 0.1) is 0 Å². The van der Waals surface area contributed by atoms with E-state index in [4.69, 9.17) is 4.98 Å². The molecule has 0 aliphatic rings. The molecule has 188 valence electrons. The van der Waals surface area contributed by atoms with E-state index in [1.807, 2.05) is 0 Å². The molecule has 0 N–H and O–H groups in total. The van der Waals surface area contributed by atoms with E-state index in [1.54, 1.807) is 0 Å². The smallest absolute Gasteiger partial charge is 0.215 e. The number of para-hydroxylation sites is 5. The van der Waals surface area contributed by atoms with Crippen LogP contribution in [-0.4, -0.2) is 18.7 Å². The summed E-state index contributed by atoms with van der Waals surface area (Å²) in [6.45, 7) is 0. The summed E-state index contributed by atoms with van der Waals surface area (Å²) < 4.78 is 7.04. The van der Waals surface area contributed by atoms with Crippen LogP contribution in [0.3, 0.4) is 0 Å². The van der Waals surface area contributed by atoms with Crippen molar-refractivity contribution in [1.82, 2.24) is 18.7 Å². The van der Waals surface area contributed by atoms with E-state index in [1.165, 1.54) is 48.9 Å². The van der Waals surface area contributed by atoms with Gasteiger partial charge in [0.1, 0.15) is 0 Å². The van der Waals surface area contributed by atoms with Crippen molar-refractivity contribution in [3.05, 3.63) is 127 Å². The maximum atomic E-state index is 5.21. The highest BCUT2D eigenvalue weighted by molar-refractivity contribution is 6.36. The van der Waals surface area contributed by atoms with E-state index in [0.29, 0.717) is 0 Å². The van der Waals surface area contributed by atoms with Crippen molar-refractivity contribution < 1.29 is 0 Å². The third-order valence-corrected chi connectivity index (χ3v) is 8.42. The number of imidazole rings is 1. The van der Waals surface area contributed by atoms with Gasteiger partial charge in [-0.2, -0.15) is 0 Å². The highest BCUT2D eigenvalue weighted by Crippen LogP contribution is 2.46. The maximum Gasteiger partial charge on any atom is 0.215 e. The number of nitrogens with zero attached hydrogens (tertiary/aromatic N) is 4. The van der Waals surface area contributed by atoms with Gasteiger partial charge in [-0.15, -0.1) is 0 Å². The second kappa shape index (κ2) is 7.84. The minimum absolute atomic E-state index is 0.917. The second-order valence-electron chi connectivity index (χ2n) is 10.5. The molecule has 40 heavy (non-hydrogen) atoms. The number of aryl methyl sites for hydroxylation is 1. The zero-order valence-electron chi connectivity index (χ0n) is 21.9. The first-order valence-electron chi connectivity index (χ1n) is 13.7. The summed E-state index contributed by atoms with van der Waals surface area (Å²) in [5.74, 6) is 0.917. The first kappa shape index (κ1) is 21.6. The SMILES string of the molecule is Cn1c(-n2c3ccccc3c3c4ccccc4c4c(c5ccccc5n4-c4ccccc4)c32)nc2ccccc21. The summed E-state index contributed by atoms with van der Waals surface area (Å²) in [4.78, 5) is 5.21. The zero-order valence-corrected chi connectivity index (χ0v) is 21.9. The van der Waals surface area contributed by atoms with Crippen molar-refractivity contribution in [1.29, 1.82) is 0 Å². The van der Waals surface area contributed by atoms with Crippen LogP contribution in [0.1, 0.15) is 0 Å².